The molecule has 0 saturated heterocycles. The molecular formula is C13H16N4S. The molecule has 0 spiro atoms. The average molecular weight is 260 g/mol. The Kier molecular flexibility index (Phi) is 4.13. The Hall–Kier alpha value is -1.64. The molecule has 18 heavy (non-hydrogen) atoms. The van der Waals surface area contributed by atoms with Gasteiger partial charge in [0, 0.05) is 37.4 Å². The van der Waals surface area contributed by atoms with Gasteiger partial charge in [0.25, 0.3) is 0 Å². The lowest BCUT2D eigenvalue weighted by Crippen LogP contribution is -2.11. The molecule has 94 valence electrons. The maximum atomic E-state index is 8.87. The molecule has 2 aromatic heterocycles. The fourth-order valence-electron chi connectivity index (χ4n) is 1.75. The number of nitriles is 1. The van der Waals surface area contributed by atoms with E-state index in [0.717, 1.165) is 30.1 Å². The Morgan fingerprint density at radius 3 is 2.94 bits per heavy atom. The summed E-state index contributed by atoms with van der Waals surface area (Å²) in [6.45, 7) is 3.68. The minimum absolute atomic E-state index is 0.689. The maximum absolute atomic E-state index is 8.87. The molecule has 0 aromatic carbocycles. The number of aromatic nitrogens is 2. The Morgan fingerprint density at radius 1 is 1.50 bits per heavy atom. The number of aryl methyl sites for hydroxylation is 2. The van der Waals surface area contributed by atoms with Gasteiger partial charge in [-0.15, -0.1) is 11.3 Å². The number of thiazole rings is 1. The van der Waals surface area contributed by atoms with Crippen molar-refractivity contribution < 1.29 is 0 Å². The standard InChI is InChI=1S/C13H16N4S/c1-3-12-7-16-13(18-12)8-15-6-10-4-11(5-14)17(2)9-10/h4,7,9,15H,3,6,8H2,1-2H3. The minimum Gasteiger partial charge on any atom is -0.342 e. The summed E-state index contributed by atoms with van der Waals surface area (Å²) in [5.41, 5.74) is 1.82. The lowest BCUT2D eigenvalue weighted by atomic mass is 10.3. The van der Waals surface area contributed by atoms with E-state index in [1.54, 1.807) is 11.3 Å². The maximum Gasteiger partial charge on any atom is 0.120 e. The third kappa shape index (κ3) is 2.97. The summed E-state index contributed by atoms with van der Waals surface area (Å²) in [7, 11) is 1.89. The van der Waals surface area contributed by atoms with Crippen LogP contribution in [0.4, 0.5) is 0 Å². The zero-order valence-corrected chi connectivity index (χ0v) is 11.4. The predicted octanol–water partition coefficient (Wildman–Crippen LogP) is 2.21. The molecule has 0 fully saturated rings. The van der Waals surface area contributed by atoms with Gasteiger partial charge in [-0.2, -0.15) is 5.26 Å². The van der Waals surface area contributed by atoms with Gasteiger partial charge in [0.1, 0.15) is 16.8 Å². The lowest BCUT2D eigenvalue weighted by molar-refractivity contribution is 0.689. The molecule has 0 saturated carbocycles. The normalized spacial score (nSPS) is 10.5. The fraction of sp³-hybridized carbons (Fsp3) is 0.385. The first-order chi connectivity index (χ1) is 8.72. The average Bonchev–Trinajstić information content (AvgIpc) is 2.96. The summed E-state index contributed by atoms with van der Waals surface area (Å²) in [4.78, 5) is 5.67. The first-order valence-corrected chi connectivity index (χ1v) is 6.74. The largest absolute Gasteiger partial charge is 0.342 e. The monoisotopic (exact) mass is 260 g/mol. The fourth-order valence-corrected chi connectivity index (χ4v) is 2.58. The second-order valence-electron chi connectivity index (χ2n) is 4.13. The number of nitrogens with zero attached hydrogens (tertiary/aromatic N) is 3. The third-order valence-electron chi connectivity index (χ3n) is 2.73. The summed E-state index contributed by atoms with van der Waals surface area (Å²) in [5.74, 6) is 0. The van der Waals surface area contributed by atoms with Crippen molar-refractivity contribution >= 4 is 11.3 Å². The van der Waals surface area contributed by atoms with Crippen LogP contribution in [0.2, 0.25) is 0 Å². The van der Waals surface area contributed by atoms with Crippen LogP contribution in [0.25, 0.3) is 0 Å². The minimum atomic E-state index is 0.689. The molecule has 0 atom stereocenters. The molecule has 0 bridgehead atoms. The molecule has 0 amide bonds. The number of rotatable bonds is 5. The van der Waals surface area contributed by atoms with Crippen LogP contribution in [0.5, 0.6) is 0 Å². The molecule has 0 aliphatic heterocycles. The van der Waals surface area contributed by atoms with E-state index in [4.69, 9.17) is 5.26 Å². The van der Waals surface area contributed by atoms with Crippen molar-refractivity contribution in [3.63, 3.8) is 0 Å². The molecule has 2 heterocycles. The topological polar surface area (TPSA) is 53.6 Å². The van der Waals surface area contributed by atoms with Crippen molar-refractivity contribution in [1.82, 2.24) is 14.9 Å². The van der Waals surface area contributed by atoms with Crippen molar-refractivity contribution in [2.75, 3.05) is 0 Å². The van der Waals surface area contributed by atoms with Crippen molar-refractivity contribution in [1.29, 1.82) is 5.26 Å². The van der Waals surface area contributed by atoms with Crippen LogP contribution in [-0.4, -0.2) is 9.55 Å². The Labute approximate surface area is 111 Å². The van der Waals surface area contributed by atoms with E-state index in [-0.39, 0.29) is 0 Å². The van der Waals surface area contributed by atoms with Gasteiger partial charge in [-0.1, -0.05) is 6.92 Å². The van der Waals surface area contributed by atoms with Crippen LogP contribution in [0.3, 0.4) is 0 Å². The zero-order chi connectivity index (χ0) is 13.0. The van der Waals surface area contributed by atoms with Crippen LogP contribution >= 0.6 is 11.3 Å². The highest BCUT2D eigenvalue weighted by Crippen LogP contribution is 2.13. The smallest absolute Gasteiger partial charge is 0.120 e. The molecule has 0 radical (unpaired) electrons. The highest BCUT2D eigenvalue weighted by Gasteiger charge is 2.03. The molecule has 0 aliphatic rings. The van der Waals surface area contributed by atoms with Gasteiger partial charge >= 0.3 is 0 Å². The molecule has 5 heteroatoms. The summed E-state index contributed by atoms with van der Waals surface area (Å²) in [6.07, 6.45) is 4.96. The van der Waals surface area contributed by atoms with E-state index in [1.165, 1.54) is 4.88 Å². The summed E-state index contributed by atoms with van der Waals surface area (Å²) >= 11 is 1.75. The SMILES string of the molecule is CCc1cnc(CNCc2cc(C#N)n(C)c2)s1. The van der Waals surface area contributed by atoms with Crippen molar-refractivity contribution in [2.45, 2.75) is 26.4 Å². The summed E-state index contributed by atoms with van der Waals surface area (Å²) < 4.78 is 1.84. The Morgan fingerprint density at radius 2 is 2.33 bits per heavy atom. The summed E-state index contributed by atoms with van der Waals surface area (Å²) in [5, 5.41) is 13.3. The second kappa shape index (κ2) is 5.80. The number of hydrogen-bond acceptors (Lipinski definition) is 4. The van der Waals surface area contributed by atoms with Crippen LogP contribution < -0.4 is 5.32 Å². The van der Waals surface area contributed by atoms with E-state index >= 15 is 0 Å². The van der Waals surface area contributed by atoms with Crippen molar-refractivity contribution in [3.05, 3.63) is 39.6 Å². The van der Waals surface area contributed by atoms with Crippen LogP contribution in [0.15, 0.2) is 18.5 Å². The third-order valence-corrected chi connectivity index (χ3v) is 3.87. The van der Waals surface area contributed by atoms with E-state index < -0.39 is 0 Å². The van der Waals surface area contributed by atoms with Crippen LogP contribution in [0.1, 0.15) is 28.1 Å². The highest BCUT2D eigenvalue weighted by atomic mass is 32.1. The molecule has 1 N–H and O–H groups in total. The van der Waals surface area contributed by atoms with E-state index in [1.807, 2.05) is 30.1 Å². The number of hydrogen-bond donors (Lipinski definition) is 1. The lowest BCUT2D eigenvalue weighted by Gasteiger charge is -1.99. The van der Waals surface area contributed by atoms with Gasteiger partial charge in [-0.3, -0.25) is 0 Å². The van der Waals surface area contributed by atoms with Gasteiger partial charge in [-0.25, -0.2) is 4.98 Å². The number of nitrogens with one attached hydrogen (secondary N) is 1. The zero-order valence-electron chi connectivity index (χ0n) is 10.6. The molecule has 0 aliphatic carbocycles. The quantitative estimate of drug-likeness (QED) is 0.896. The first-order valence-electron chi connectivity index (χ1n) is 5.92. The van der Waals surface area contributed by atoms with Gasteiger partial charge < -0.3 is 9.88 Å². The highest BCUT2D eigenvalue weighted by molar-refractivity contribution is 7.11. The van der Waals surface area contributed by atoms with Crippen LogP contribution in [0, 0.1) is 11.3 Å². The van der Waals surface area contributed by atoms with Gasteiger partial charge in [0.2, 0.25) is 0 Å². The van der Waals surface area contributed by atoms with Crippen molar-refractivity contribution in [3.8, 4) is 6.07 Å². The molecule has 0 unspecified atom stereocenters. The second-order valence-corrected chi connectivity index (χ2v) is 5.33. The predicted molar refractivity (Wildman–Crippen MR) is 72.2 cm³/mol. The Bertz CT molecular complexity index is 562. The molecule has 2 aromatic rings. The van der Waals surface area contributed by atoms with Gasteiger partial charge in [0.15, 0.2) is 0 Å². The molecule has 2 rings (SSSR count). The molecule has 4 nitrogen and oxygen atoms in total. The molecular weight excluding hydrogens is 244 g/mol. The van der Waals surface area contributed by atoms with Gasteiger partial charge in [0.05, 0.1) is 0 Å². The van der Waals surface area contributed by atoms with Gasteiger partial charge in [-0.05, 0) is 18.1 Å². The van der Waals surface area contributed by atoms with Crippen molar-refractivity contribution in [2.24, 2.45) is 7.05 Å². The Balaban J connectivity index is 1.86. The van der Waals surface area contributed by atoms with E-state index in [2.05, 4.69) is 23.3 Å². The first kappa shape index (κ1) is 12.8. The van der Waals surface area contributed by atoms with Crippen LogP contribution in [-0.2, 0) is 26.6 Å². The van der Waals surface area contributed by atoms with E-state index in [9.17, 15) is 0 Å². The summed E-state index contributed by atoms with van der Waals surface area (Å²) in [6, 6.07) is 4.07. The van der Waals surface area contributed by atoms with E-state index in [0.29, 0.717) is 5.69 Å².